The van der Waals surface area contributed by atoms with E-state index < -0.39 is 0 Å². The number of pyridine rings is 1. The second-order valence-corrected chi connectivity index (χ2v) is 6.04. The fourth-order valence-electron chi connectivity index (χ4n) is 2.36. The Morgan fingerprint density at radius 2 is 2.41 bits per heavy atom. The quantitative estimate of drug-likeness (QED) is 0.638. The van der Waals surface area contributed by atoms with Gasteiger partial charge >= 0.3 is 0 Å². The molecule has 1 aromatic rings. The van der Waals surface area contributed by atoms with Crippen molar-refractivity contribution in [3.05, 3.63) is 35.0 Å². The largest absolute Gasteiger partial charge is 0.357 e. The zero-order valence-electron chi connectivity index (χ0n) is 12.6. The highest BCUT2D eigenvalue weighted by Crippen LogP contribution is 2.25. The van der Waals surface area contributed by atoms with E-state index in [4.69, 9.17) is 23.2 Å². The van der Waals surface area contributed by atoms with Crippen molar-refractivity contribution in [3.8, 4) is 0 Å². The van der Waals surface area contributed by atoms with Gasteiger partial charge in [-0.25, -0.2) is 9.98 Å². The average Bonchev–Trinajstić information content (AvgIpc) is 2.94. The molecular weight excluding hydrogens is 321 g/mol. The van der Waals surface area contributed by atoms with E-state index in [1.54, 1.807) is 6.20 Å². The summed E-state index contributed by atoms with van der Waals surface area (Å²) in [5.74, 6) is 1.59. The van der Waals surface area contributed by atoms with Gasteiger partial charge in [-0.3, -0.25) is 0 Å². The predicted molar refractivity (Wildman–Crippen MR) is 94.0 cm³/mol. The summed E-state index contributed by atoms with van der Waals surface area (Å²) in [7, 11) is 0. The number of halogens is 2. The normalized spacial score (nSPS) is 18.4. The topological polar surface area (TPSA) is 52.6 Å². The molecule has 1 aliphatic heterocycles. The maximum absolute atomic E-state index is 6.21. The first-order chi connectivity index (χ1) is 10.6. The number of hydrogen-bond donors (Lipinski definition) is 2. The van der Waals surface area contributed by atoms with E-state index in [-0.39, 0.29) is 0 Å². The van der Waals surface area contributed by atoms with Crippen LogP contribution in [0.1, 0.15) is 13.3 Å². The maximum atomic E-state index is 6.21. The molecule has 0 bridgehead atoms. The van der Waals surface area contributed by atoms with Crippen molar-refractivity contribution in [2.45, 2.75) is 19.4 Å². The molecule has 0 aliphatic carbocycles. The summed E-state index contributed by atoms with van der Waals surface area (Å²) in [5, 5.41) is 7.83. The highest BCUT2D eigenvalue weighted by atomic mass is 35.5. The molecule has 1 aromatic heterocycles. The first kappa shape index (κ1) is 16.9. The van der Waals surface area contributed by atoms with Crippen molar-refractivity contribution in [3.63, 3.8) is 0 Å². The first-order valence-corrected chi connectivity index (χ1v) is 8.09. The van der Waals surface area contributed by atoms with Crippen molar-refractivity contribution in [2.24, 2.45) is 4.99 Å². The SMILES string of the molecule is C=C(Cl)CN=C(NCC)NC1CCN(c2ncccc2Cl)C1. The molecule has 1 aliphatic rings. The summed E-state index contributed by atoms with van der Waals surface area (Å²) in [6.07, 6.45) is 2.76. The lowest BCUT2D eigenvalue weighted by Gasteiger charge is -2.20. The van der Waals surface area contributed by atoms with Gasteiger partial charge in [0.2, 0.25) is 0 Å². The van der Waals surface area contributed by atoms with Crippen LogP contribution in [-0.4, -0.2) is 43.2 Å². The molecule has 2 heterocycles. The van der Waals surface area contributed by atoms with Gasteiger partial charge in [0.15, 0.2) is 5.96 Å². The van der Waals surface area contributed by atoms with E-state index in [0.717, 1.165) is 37.8 Å². The minimum atomic E-state index is 0.291. The molecule has 2 rings (SSSR count). The van der Waals surface area contributed by atoms with E-state index in [1.165, 1.54) is 0 Å². The van der Waals surface area contributed by atoms with Crippen LogP contribution in [0.2, 0.25) is 5.02 Å². The Hall–Kier alpha value is -1.46. The van der Waals surface area contributed by atoms with Gasteiger partial charge in [0.1, 0.15) is 5.82 Å². The Labute approximate surface area is 141 Å². The Kier molecular flexibility index (Phi) is 6.34. The van der Waals surface area contributed by atoms with Crippen molar-refractivity contribution < 1.29 is 0 Å². The van der Waals surface area contributed by atoms with Crippen LogP contribution in [0.25, 0.3) is 0 Å². The standard InChI is InChI=1S/C15H21Cl2N5/c1-3-18-15(20-9-11(2)16)21-12-6-8-22(10-12)14-13(17)5-4-7-19-14/h4-5,7,12H,2-3,6,8-10H2,1H3,(H2,18,20,21). The molecule has 0 amide bonds. The van der Waals surface area contributed by atoms with Crippen LogP contribution in [0.3, 0.4) is 0 Å². The Morgan fingerprint density at radius 3 is 3.09 bits per heavy atom. The maximum Gasteiger partial charge on any atom is 0.191 e. The zero-order chi connectivity index (χ0) is 15.9. The minimum absolute atomic E-state index is 0.291. The summed E-state index contributed by atoms with van der Waals surface area (Å²) in [5.41, 5.74) is 0. The summed E-state index contributed by atoms with van der Waals surface area (Å²) in [6, 6.07) is 3.99. The summed E-state index contributed by atoms with van der Waals surface area (Å²) in [6.45, 7) is 8.63. The third-order valence-corrected chi connectivity index (χ3v) is 3.74. The number of anilines is 1. The van der Waals surface area contributed by atoms with Crippen LogP contribution in [0.15, 0.2) is 34.9 Å². The number of nitrogens with zero attached hydrogens (tertiary/aromatic N) is 3. The molecule has 1 fully saturated rings. The van der Waals surface area contributed by atoms with E-state index in [9.17, 15) is 0 Å². The molecule has 22 heavy (non-hydrogen) atoms. The smallest absolute Gasteiger partial charge is 0.191 e. The van der Waals surface area contributed by atoms with Gasteiger partial charge in [-0.05, 0) is 25.5 Å². The number of rotatable bonds is 5. The third-order valence-electron chi connectivity index (χ3n) is 3.32. The number of aliphatic imine (C=N–C) groups is 1. The molecular formula is C15H21Cl2N5. The van der Waals surface area contributed by atoms with Crippen LogP contribution < -0.4 is 15.5 Å². The van der Waals surface area contributed by atoms with Gasteiger partial charge in [-0.2, -0.15) is 0 Å². The van der Waals surface area contributed by atoms with E-state index >= 15 is 0 Å². The van der Waals surface area contributed by atoms with Crippen LogP contribution in [0, 0.1) is 0 Å². The summed E-state index contributed by atoms with van der Waals surface area (Å²) >= 11 is 12.0. The first-order valence-electron chi connectivity index (χ1n) is 7.33. The lowest BCUT2D eigenvalue weighted by Crippen LogP contribution is -2.44. The van der Waals surface area contributed by atoms with Gasteiger partial charge in [0, 0.05) is 36.9 Å². The van der Waals surface area contributed by atoms with Crippen molar-refractivity contribution >= 4 is 35.0 Å². The summed E-state index contributed by atoms with van der Waals surface area (Å²) < 4.78 is 0. The van der Waals surface area contributed by atoms with Gasteiger partial charge in [-0.15, -0.1) is 0 Å². The molecule has 7 heteroatoms. The van der Waals surface area contributed by atoms with Crippen LogP contribution >= 0.6 is 23.2 Å². The monoisotopic (exact) mass is 341 g/mol. The second-order valence-electron chi connectivity index (χ2n) is 5.10. The van der Waals surface area contributed by atoms with Crippen molar-refractivity contribution in [1.29, 1.82) is 0 Å². The molecule has 0 spiro atoms. The highest BCUT2D eigenvalue weighted by Gasteiger charge is 2.25. The molecule has 0 saturated carbocycles. The van der Waals surface area contributed by atoms with Crippen LogP contribution in [-0.2, 0) is 0 Å². The molecule has 120 valence electrons. The van der Waals surface area contributed by atoms with Crippen LogP contribution in [0.5, 0.6) is 0 Å². The zero-order valence-corrected chi connectivity index (χ0v) is 14.2. The van der Waals surface area contributed by atoms with E-state index in [2.05, 4.69) is 32.1 Å². The molecule has 0 aromatic carbocycles. The fourth-order valence-corrected chi connectivity index (χ4v) is 2.66. The minimum Gasteiger partial charge on any atom is -0.357 e. The molecule has 2 N–H and O–H groups in total. The molecule has 1 saturated heterocycles. The second kappa shape index (κ2) is 8.25. The number of aromatic nitrogens is 1. The molecule has 0 radical (unpaired) electrons. The van der Waals surface area contributed by atoms with Crippen molar-refractivity contribution in [2.75, 3.05) is 31.1 Å². The van der Waals surface area contributed by atoms with Gasteiger partial charge in [-0.1, -0.05) is 29.8 Å². The Morgan fingerprint density at radius 1 is 1.59 bits per heavy atom. The number of guanidine groups is 1. The number of nitrogens with one attached hydrogen (secondary N) is 2. The lowest BCUT2D eigenvalue weighted by molar-refractivity contribution is 0.650. The van der Waals surface area contributed by atoms with E-state index in [1.807, 2.05) is 19.1 Å². The number of hydrogen-bond acceptors (Lipinski definition) is 3. The highest BCUT2D eigenvalue weighted by molar-refractivity contribution is 6.32. The van der Waals surface area contributed by atoms with E-state index in [0.29, 0.717) is 22.6 Å². The third kappa shape index (κ3) is 4.78. The average molecular weight is 342 g/mol. The molecule has 5 nitrogen and oxygen atoms in total. The Balaban J connectivity index is 1.96. The van der Waals surface area contributed by atoms with Gasteiger partial charge in [0.05, 0.1) is 11.6 Å². The summed E-state index contributed by atoms with van der Waals surface area (Å²) in [4.78, 5) is 10.9. The molecule has 1 atom stereocenters. The van der Waals surface area contributed by atoms with Crippen LogP contribution in [0.4, 0.5) is 5.82 Å². The Bertz CT molecular complexity index is 546. The van der Waals surface area contributed by atoms with Crippen molar-refractivity contribution in [1.82, 2.24) is 15.6 Å². The predicted octanol–water partition coefficient (Wildman–Crippen LogP) is 2.62. The molecule has 1 unspecified atom stereocenters. The van der Waals surface area contributed by atoms with Gasteiger partial charge < -0.3 is 15.5 Å². The van der Waals surface area contributed by atoms with Gasteiger partial charge in [0.25, 0.3) is 0 Å². The fraction of sp³-hybridized carbons (Fsp3) is 0.467. The lowest BCUT2D eigenvalue weighted by atomic mass is 10.3.